The lowest BCUT2D eigenvalue weighted by Crippen LogP contribution is -2.26. The number of nitro groups is 1. The molecule has 116 valence electrons. The second kappa shape index (κ2) is 7.26. The first-order valence-electron chi connectivity index (χ1n) is 7.52. The zero-order chi connectivity index (χ0) is 15.2. The molecule has 6 heteroatoms. The van der Waals surface area contributed by atoms with Gasteiger partial charge < -0.3 is 15.4 Å². The van der Waals surface area contributed by atoms with E-state index in [1.165, 1.54) is 6.07 Å². The lowest BCUT2D eigenvalue weighted by Gasteiger charge is -2.23. The Bertz CT molecular complexity index is 493. The first-order valence-corrected chi connectivity index (χ1v) is 7.52. The number of ether oxygens (including phenoxy) is 1. The minimum Gasteiger partial charge on any atom is -0.399 e. The zero-order valence-electron chi connectivity index (χ0n) is 12.5. The van der Waals surface area contributed by atoms with Crippen molar-refractivity contribution in [1.29, 1.82) is 0 Å². The molecule has 0 spiro atoms. The van der Waals surface area contributed by atoms with Gasteiger partial charge in [-0.2, -0.15) is 0 Å². The second-order valence-corrected chi connectivity index (χ2v) is 5.42. The van der Waals surface area contributed by atoms with E-state index >= 15 is 0 Å². The van der Waals surface area contributed by atoms with Crippen LogP contribution in [0.5, 0.6) is 0 Å². The predicted molar refractivity (Wildman–Crippen MR) is 83.6 cm³/mol. The molecule has 6 nitrogen and oxygen atoms in total. The molecule has 1 aromatic carbocycles. The largest absolute Gasteiger partial charge is 0.399 e. The maximum absolute atomic E-state index is 11.2. The predicted octanol–water partition coefficient (Wildman–Crippen LogP) is 2.96. The summed E-state index contributed by atoms with van der Waals surface area (Å²) in [4.78, 5) is 12.9. The van der Waals surface area contributed by atoms with Crippen LogP contribution in [0, 0.1) is 10.1 Å². The van der Waals surface area contributed by atoms with E-state index in [1.54, 1.807) is 12.1 Å². The van der Waals surface area contributed by atoms with Crippen molar-refractivity contribution in [2.45, 2.75) is 38.7 Å². The van der Waals surface area contributed by atoms with Gasteiger partial charge in [0.25, 0.3) is 5.69 Å². The average Bonchev–Trinajstić information content (AvgIpc) is 2.70. The number of anilines is 2. The van der Waals surface area contributed by atoms with E-state index < -0.39 is 0 Å². The Morgan fingerprint density at radius 2 is 2.24 bits per heavy atom. The highest BCUT2D eigenvalue weighted by Gasteiger charge is 2.23. The van der Waals surface area contributed by atoms with Gasteiger partial charge in [0.1, 0.15) is 5.69 Å². The number of hydrogen-bond acceptors (Lipinski definition) is 5. The van der Waals surface area contributed by atoms with Crippen LogP contribution in [0.25, 0.3) is 0 Å². The molecule has 0 aromatic heterocycles. The van der Waals surface area contributed by atoms with Crippen LogP contribution >= 0.6 is 0 Å². The molecule has 1 aliphatic heterocycles. The Balaban J connectivity index is 2.11. The van der Waals surface area contributed by atoms with E-state index in [1.807, 2.05) is 0 Å². The molecular weight excluding hydrogens is 270 g/mol. The summed E-state index contributed by atoms with van der Waals surface area (Å²) >= 11 is 0. The van der Waals surface area contributed by atoms with Gasteiger partial charge in [0, 0.05) is 31.5 Å². The Morgan fingerprint density at radius 3 is 2.95 bits per heavy atom. The molecule has 0 saturated carbocycles. The molecule has 1 atom stereocenters. The maximum Gasteiger partial charge on any atom is 0.292 e. The van der Waals surface area contributed by atoms with Gasteiger partial charge in [-0.05, 0) is 37.8 Å². The average molecular weight is 293 g/mol. The van der Waals surface area contributed by atoms with Crippen LogP contribution in [0.15, 0.2) is 18.2 Å². The van der Waals surface area contributed by atoms with E-state index in [2.05, 4.69) is 11.8 Å². The highest BCUT2D eigenvalue weighted by molar-refractivity contribution is 5.68. The fourth-order valence-corrected chi connectivity index (χ4v) is 2.71. The highest BCUT2D eigenvalue weighted by Crippen LogP contribution is 2.32. The monoisotopic (exact) mass is 293 g/mol. The van der Waals surface area contributed by atoms with Crippen molar-refractivity contribution in [3.05, 3.63) is 28.3 Å². The lowest BCUT2D eigenvalue weighted by molar-refractivity contribution is -0.384. The highest BCUT2D eigenvalue weighted by atomic mass is 16.6. The van der Waals surface area contributed by atoms with Crippen molar-refractivity contribution in [3.8, 4) is 0 Å². The van der Waals surface area contributed by atoms with Crippen LogP contribution < -0.4 is 10.6 Å². The van der Waals surface area contributed by atoms with Crippen molar-refractivity contribution in [2.24, 2.45) is 0 Å². The van der Waals surface area contributed by atoms with Gasteiger partial charge in [-0.3, -0.25) is 10.1 Å². The van der Waals surface area contributed by atoms with Gasteiger partial charge in [-0.1, -0.05) is 6.92 Å². The van der Waals surface area contributed by atoms with Gasteiger partial charge in [-0.15, -0.1) is 0 Å². The molecule has 0 aliphatic carbocycles. The summed E-state index contributed by atoms with van der Waals surface area (Å²) in [7, 11) is 0. The Morgan fingerprint density at radius 1 is 1.43 bits per heavy atom. The lowest BCUT2D eigenvalue weighted by atomic mass is 10.1. The quantitative estimate of drug-likeness (QED) is 0.513. The Labute approximate surface area is 125 Å². The summed E-state index contributed by atoms with van der Waals surface area (Å²) in [6.07, 6.45) is 4.15. The zero-order valence-corrected chi connectivity index (χ0v) is 12.5. The van der Waals surface area contributed by atoms with Crippen LogP contribution in [0.2, 0.25) is 0 Å². The van der Waals surface area contributed by atoms with Gasteiger partial charge in [0.15, 0.2) is 0 Å². The van der Waals surface area contributed by atoms with E-state index in [-0.39, 0.29) is 16.7 Å². The van der Waals surface area contributed by atoms with Gasteiger partial charge in [0.2, 0.25) is 0 Å². The minimum atomic E-state index is -0.343. The number of rotatable bonds is 5. The van der Waals surface area contributed by atoms with Crippen molar-refractivity contribution < 1.29 is 9.66 Å². The Hall–Kier alpha value is -1.82. The SMILES string of the molecule is CCCO[C@@H]1CCCN(c2cc(N)ccc2[N+](=O)[O-])CC1. The normalized spacial score (nSPS) is 19.3. The molecule has 1 saturated heterocycles. The number of nitrogens with zero attached hydrogens (tertiary/aromatic N) is 2. The van der Waals surface area contributed by atoms with E-state index in [0.29, 0.717) is 11.4 Å². The summed E-state index contributed by atoms with van der Waals surface area (Å²) < 4.78 is 5.81. The van der Waals surface area contributed by atoms with E-state index in [0.717, 1.165) is 45.4 Å². The van der Waals surface area contributed by atoms with E-state index in [4.69, 9.17) is 10.5 Å². The van der Waals surface area contributed by atoms with Crippen molar-refractivity contribution in [1.82, 2.24) is 0 Å². The van der Waals surface area contributed by atoms with Gasteiger partial charge >= 0.3 is 0 Å². The number of nitro benzene ring substituents is 1. The summed E-state index contributed by atoms with van der Waals surface area (Å²) in [5.74, 6) is 0. The van der Waals surface area contributed by atoms with Crippen molar-refractivity contribution in [2.75, 3.05) is 30.3 Å². The third kappa shape index (κ3) is 4.07. The van der Waals surface area contributed by atoms with Gasteiger partial charge in [-0.25, -0.2) is 0 Å². The smallest absolute Gasteiger partial charge is 0.292 e. The maximum atomic E-state index is 11.2. The first-order chi connectivity index (χ1) is 10.1. The number of nitrogens with two attached hydrogens (primary N) is 1. The molecule has 1 aliphatic rings. The molecule has 0 unspecified atom stereocenters. The molecule has 2 N–H and O–H groups in total. The second-order valence-electron chi connectivity index (χ2n) is 5.42. The minimum absolute atomic E-state index is 0.122. The molecule has 1 heterocycles. The third-order valence-electron chi connectivity index (χ3n) is 3.77. The standard InChI is InChI=1S/C15H23N3O3/c1-2-10-21-13-4-3-8-17(9-7-13)15-11-12(16)5-6-14(15)18(19)20/h5-6,11,13H,2-4,7-10,16H2,1H3/t13-/m1/s1. The van der Waals surface area contributed by atoms with Crippen molar-refractivity contribution in [3.63, 3.8) is 0 Å². The topological polar surface area (TPSA) is 81.6 Å². The van der Waals surface area contributed by atoms with Crippen LogP contribution in [0.4, 0.5) is 17.1 Å². The summed E-state index contributed by atoms with van der Waals surface area (Å²) in [6.45, 7) is 4.44. The third-order valence-corrected chi connectivity index (χ3v) is 3.77. The molecule has 1 aromatic rings. The fraction of sp³-hybridized carbons (Fsp3) is 0.600. The Kier molecular flexibility index (Phi) is 5.38. The van der Waals surface area contributed by atoms with Crippen LogP contribution in [0.3, 0.4) is 0 Å². The summed E-state index contributed by atoms with van der Waals surface area (Å²) in [5, 5.41) is 11.2. The fourth-order valence-electron chi connectivity index (χ4n) is 2.71. The molecule has 0 amide bonds. The van der Waals surface area contributed by atoms with E-state index in [9.17, 15) is 10.1 Å². The molecule has 0 radical (unpaired) electrons. The number of nitrogen functional groups attached to an aromatic ring is 1. The number of hydrogen-bond donors (Lipinski definition) is 1. The summed E-state index contributed by atoms with van der Waals surface area (Å²) in [5.41, 5.74) is 7.09. The van der Waals surface area contributed by atoms with Crippen LogP contribution in [-0.4, -0.2) is 30.7 Å². The molecule has 0 bridgehead atoms. The summed E-state index contributed by atoms with van der Waals surface area (Å²) in [6, 6.07) is 4.76. The van der Waals surface area contributed by atoms with Crippen molar-refractivity contribution >= 4 is 17.1 Å². The van der Waals surface area contributed by atoms with Gasteiger partial charge in [0.05, 0.1) is 11.0 Å². The molecule has 21 heavy (non-hydrogen) atoms. The van der Waals surface area contributed by atoms with Crippen LogP contribution in [0.1, 0.15) is 32.6 Å². The number of benzene rings is 1. The molecular formula is C15H23N3O3. The molecule has 1 fully saturated rings. The molecule has 2 rings (SSSR count). The van der Waals surface area contributed by atoms with Crippen LogP contribution in [-0.2, 0) is 4.74 Å². The first kappa shape index (κ1) is 15.6.